The average Bonchev–Trinajstić information content (AvgIpc) is 2.86. The van der Waals surface area contributed by atoms with Gasteiger partial charge in [-0.3, -0.25) is 4.79 Å². The van der Waals surface area contributed by atoms with E-state index in [1.54, 1.807) is 41.4 Å². The predicted octanol–water partition coefficient (Wildman–Crippen LogP) is 7.75. The summed E-state index contributed by atoms with van der Waals surface area (Å²) in [7, 11) is -3.35. The summed E-state index contributed by atoms with van der Waals surface area (Å²) < 4.78 is 23.9. The quantitative estimate of drug-likeness (QED) is 0.168. The summed E-state index contributed by atoms with van der Waals surface area (Å²) in [5, 5.41) is 6.25. The van der Waals surface area contributed by atoms with Crippen LogP contribution in [0.1, 0.15) is 46.1 Å². The van der Waals surface area contributed by atoms with Crippen LogP contribution in [0, 0.1) is 0 Å². The fourth-order valence-electron chi connectivity index (χ4n) is 2.90. The molecule has 0 aliphatic heterocycles. The zero-order valence-electron chi connectivity index (χ0n) is 20.9. The molecule has 8 heteroatoms. The highest BCUT2D eigenvalue weighted by Gasteiger charge is 2.20. The first-order valence-electron chi connectivity index (χ1n) is 11.2. The van der Waals surface area contributed by atoms with Crippen molar-refractivity contribution in [1.29, 1.82) is 0 Å². The number of ketones is 1. The lowest BCUT2D eigenvalue weighted by atomic mass is 10.2. The van der Waals surface area contributed by atoms with Crippen molar-refractivity contribution in [3.05, 3.63) is 88.5 Å². The summed E-state index contributed by atoms with van der Waals surface area (Å²) in [5.74, 6) is 0.0794. The third-order valence-corrected chi connectivity index (χ3v) is 7.28. The van der Waals surface area contributed by atoms with Crippen molar-refractivity contribution < 1.29 is 13.2 Å². The molecule has 0 spiro atoms. The number of carbonyl (C=O) groups excluding carboxylic acids is 1. The minimum atomic E-state index is -3.35. The van der Waals surface area contributed by atoms with Gasteiger partial charge in [0.05, 0.1) is 21.3 Å². The molecule has 0 saturated heterocycles. The molecule has 0 aliphatic rings. The van der Waals surface area contributed by atoms with Crippen LogP contribution in [0.5, 0.6) is 0 Å². The number of para-hydroxylation sites is 1. The van der Waals surface area contributed by atoms with Crippen molar-refractivity contribution in [2.24, 2.45) is 5.10 Å². The van der Waals surface area contributed by atoms with Gasteiger partial charge in [0.1, 0.15) is 5.78 Å². The maximum atomic E-state index is 12.1. The number of hydrazone groups is 1. The summed E-state index contributed by atoms with van der Waals surface area (Å²) in [6.07, 6.45) is 5.49. The zero-order chi connectivity index (χ0) is 26.6. The van der Waals surface area contributed by atoms with Gasteiger partial charge in [-0.2, -0.15) is 5.10 Å². The van der Waals surface area contributed by atoms with Crippen LogP contribution in [-0.2, 0) is 14.6 Å². The molecule has 35 heavy (non-hydrogen) atoms. The van der Waals surface area contributed by atoms with Gasteiger partial charge in [-0.1, -0.05) is 87.1 Å². The molecule has 0 N–H and O–H groups in total. The van der Waals surface area contributed by atoms with Crippen LogP contribution >= 0.6 is 23.4 Å². The van der Waals surface area contributed by atoms with E-state index >= 15 is 0 Å². The molecule has 0 unspecified atom stereocenters. The molecule has 188 valence electrons. The number of anilines is 1. The van der Waals surface area contributed by atoms with Gasteiger partial charge >= 0.3 is 0 Å². The number of rotatable bonds is 11. The van der Waals surface area contributed by atoms with Crippen molar-refractivity contribution in [3.8, 4) is 0 Å². The fourth-order valence-corrected chi connectivity index (χ4v) is 4.69. The first-order chi connectivity index (χ1) is 16.6. The van der Waals surface area contributed by atoms with Gasteiger partial charge in [0.25, 0.3) is 0 Å². The maximum Gasteiger partial charge on any atom is 0.175 e. The van der Waals surface area contributed by atoms with E-state index in [0.717, 1.165) is 4.91 Å². The number of thioether (sulfide) groups is 1. The second-order valence-corrected chi connectivity index (χ2v) is 10.6. The van der Waals surface area contributed by atoms with Crippen molar-refractivity contribution in [2.45, 2.75) is 45.4 Å². The topological polar surface area (TPSA) is 66.8 Å². The molecule has 0 amide bonds. The van der Waals surface area contributed by atoms with Crippen LogP contribution in [-0.4, -0.2) is 27.2 Å². The molecule has 2 rings (SSSR count). The first-order valence-corrected chi connectivity index (χ1v) is 14.3. The Hall–Kier alpha value is -2.61. The van der Waals surface area contributed by atoms with Crippen LogP contribution in [0.3, 0.4) is 0 Å². The van der Waals surface area contributed by atoms with E-state index in [9.17, 15) is 13.2 Å². The second-order valence-electron chi connectivity index (χ2n) is 7.07. The van der Waals surface area contributed by atoms with Crippen LogP contribution in [0.2, 0.25) is 5.02 Å². The molecule has 2 aromatic carbocycles. The predicted molar refractivity (Wildman–Crippen MR) is 153 cm³/mol. The summed E-state index contributed by atoms with van der Waals surface area (Å²) in [5.41, 5.74) is 1.93. The molecular formula is C27H33ClN2O3S2. The van der Waals surface area contributed by atoms with Crippen molar-refractivity contribution in [1.82, 2.24) is 0 Å². The Bertz CT molecular complexity index is 1220. The van der Waals surface area contributed by atoms with Crippen molar-refractivity contribution >= 4 is 56.3 Å². The number of hydrogen-bond donors (Lipinski definition) is 0. The Morgan fingerprint density at radius 3 is 2.37 bits per heavy atom. The van der Waals surface area contributed by atoms with Gasteiger partial charge < -0.3 is 0 Å². The van der Waals surface area contributed by atoms with Gasteiger partial charge in [0, 0.05) is 35.6 Å². The molecule has 0 radical (unpaired) electrons. The van der Waals surface area contributed by atoms with E-state index in [-0.39, 0.29) is 17.1 Å². The number of Topliss-reactive ketones (excluding diaryl/α,β-unsaturated/α-hetero) is 1. The molecule has 0 aliphatic carbocycles. The fraction of sp³-hybridized carbons (Fsp3) is 0.259. The largest absolute Gasteiger partial charge is 0.299 e. The summed E-state index contributed by atoms with van der Waals surface area (Å²) in [4.78, 5) is 13.7. The van der Waals surface area contributed by atoms with E-state index < -0.39 is 9.84 Å². The lowest BCUT2D eigenvalue weighted by molar-refractivity contribution is -0.117. The van der Waals surface area contributed by atoms with Crippen LogP contribution in [0.15, 0.2) is 87.9 Å². The molecule has 5 nitrogen and oxygen atoms in total. The molecule has 0 heterocycles. The summed E-state index contributed by atoms with van der Waals surface area (Å²) >= 11 is 7.77. The Morgan fingerprint density at radius 2 is 1.83 bits per heavy atom. The standard InChI is InChI=1S/C25H27ClN2O3S2.C2H6/c1-6-20(29)15-16-24(28(27-4)23-14-9-8-13-22(23)26)25(7-2)32-18(3)19-11-10-12-21(17-19)33(5,30)31;1-2/h7-14,16-17H,3-4,6,15H2,1-2,5H3;1-2H3/b24-16-,25-7-;. The highest BCUT2D eigenvalue weighted by molar-refractivity contribution is 8.12. The Kier molecular flexibility index (Phi) is 12.8. The van der Waals surface area contributed by atoms with Gasteiger partial charge in [-0.25, -0.2) is 13.4 Å². The van der Waals surface area contributed by atoms with E-state index in [2.05, 4.69) is 18.4 Å². The van der Waals surface area contributed by atoms with Crippen molar-refractivity contribution in [2.75, 3.05) is 11.3 Å². The molecule has 0 bridgehead atoms. The number of nitrogens with zero attached hydrogens (tertiary/aromatic N) is 2. The molecule has 0 saturated carbocycles. The van der Waals surface area contributed by atoms with Gasteiger partial charge in [-0.05, 0) is 36.8 Å². The molecular weight excluding hydrogens is 500 g/mol. The molecule has 0 atom stereocenters. The second kappa shape index (κ2) is 14.7. The highest BCUT2D eigenvalue weighted by Crippen LogP contribution is 2.40. The van der Waals surface area contributed by atoms with Gasteiger partial charge in [0.15, 0.2) is 9.84 Å². The Morgan fingerprint density at radius 1 is 1.17 bits per heavy atom. The number of allylic oxidation sites excluding steroid dienone is 2. The number of carbonyl (C=O) groups is 1. The zero-order valence-corrected chi connectivity index (χ0v) is 23.3. The summed E-state index contributed by atoms with van der Waals surface area (Å²) in [6, 6.07) is 13.9. The number of benzene rings is 2. The van der Waals surface area contributed by atoms with Crippen LogP contribution in [0.25, 0.3) is 4.91 Å². The molecule has 0 aromatic heterocycles. The van der Waals surface area contributed by atoms with E-state index in [1.807, 2.05) is 52.0 Å². The minimum absolute atomic E-state index is 0.0794. The van der Waals surface area contributed by atoms with Crippen molar-refractivity contribution in [3.63, 3.8) is 0 Å². The normalized spacial score (nSPS) is 11.8. The third kappa shape index (κ3) is 8.84. The number of halogens is 1. The SMILES string of the molecule is C=NN(C(=C\CC(=O)CC)/C(=C/C)SC(=C)c1cccc(S(C)(=O)=O)c1)c1ccccc1Cl.CC. The lowest BCUT2D eigenvalue weighted by Gasteiger charge is -2.25. The van der Waals surface area contributed by atoms with Crippen LogP contribution in [0.4, 0.5) is 5.69 Å². The third-order valence-electron chi connectivity index (χ3n) is 4.70. The average molecular weight is 533 g/mol. The van der Waals surface area contributed by atoms with Gasteiger partial charge in [-0.15, -0.1) is 0 Å². The first kappa shape index (κ1) is 30.4. The smallest absolute Gasteiger partial charge is 0.175 e. The monoisotopic (exact) mass is 532 g/mol. The van der Waals surface area contributed by atoms with E-state index in [0.29, 0.717) is 33.3 Å². The minimum Gasteiger partial charge on any atom is -0.299 e. The Labute approximate surface area is 219 Å². The molecule has 2 aromatic rings. The van der Waals surface area contributed by atoms with E-state index in [1.165, 1.54) is 18.0 Å². The highest BCUT2D eigenvalue weighted by atomic mass is 35.5. The Balaban J connectivity index is 0.00000298. The molecule has 0 fully saturated rings. The van der Waals surface area contributed by atoms with Gasteiger partial charge in [0.2, 0.25) is 0 Å². The number of hydrogen-bond acceptors (Lipinski definition) is 6. The lowest BCUT2D eigenvalue weighted by Crippen LogP contribution is -2.17. The summed E-state index contributed by atoms with van der Waals surface area (Å²) in [6.45, 7) is 15.5. The van der Waals surface area contributed by atoms with Crippen LogP contribution < -0.4 is 5.01 Å². The number of sulfone groups is 1. The maximum absolute atomic E-state index is 12.1. The van der Waals surface area contributed by atoms with E-state index in [4.69, 9.17) is 11.6 Å².